The average molecular weight is 439 g/mol. The highest BCUT2D eigenvalue weighted by atomic mass is 32.2. The number of hydrogen-bond donors (Lipinski definition) is 2. The van der Waals surface area contributed by atoms with Crippen molar-refractivity contribution in [2.45, 2.75) is 127 Å². The zero-order chi connectivity index (χ0) is 20.7. The van der Waals surface area contributed by atoms with Crippen molar-refractivity contribution in [3.05, 3.63) is 0 Å². The zero-order valence-electron chi connectivity index (χ0n) is 17.9. The molecule has 5 nitrogen and oxygen atoms in total. The molecule has 0 aromatic heterocycles. The van der Waals surface area contributed by atoms with Gasteiger partial charge < -0.3 is 9.79 Å². The van der Waals surface area contributed by atoms with Crippen LogP contribution in [-0.4, -0.2) is 31.1 Å². The molecule has 0 spiro atoms. The summed E-state index contributed by atoms with van der Waals surface area (Å²) in [5.41, 5.74) is 0. The van der Waals surface area contributed by atoms with E-state index in [4.69, 9.17) is 14.3 Å². The predicted octanol–water partition coefficient (Wildman–Crippen LogP) is 6.25. The fraction of sp³-hybridized carbons (Fsp3) is 1.00. The zero-order valence-corrected chi connectivity index (χ0v) is 19.6. The van der Waals surface area contributed by atoms with Gasteiger partial charge in [-0.1, -0.05) is 90.4 Å². The molecule has 168 valence electrons. The van der Waals surface area contributed by atoms with Crippen LogP contribution in [0.4, 0.5) is 0 Å². The third kappa shape index (κ3) is 14.3. The molecule has 0 aromatic rings. The number of rotatable bonds is 18. The Labute approximate surface area is 175 Å². The van der Waals surface area contributed by atoms with Crippen molar-refractivity contribution in [2.75, 3.05) is 5.75 Å². The number of unbranched alkanes of at least 4 members (excludes halogenated alkanes) is 13. The van der Waals surface area contributed by atoms with Gasteiger partial charge in [0.25, 0.3) is 0 Å². The van der Waals surface area contributed by atoms with Crippen LogP contribution in [0.5, 0.6) is 0 Å². The second-order valence-corrected chi connectivity index (χ2v) is 11.4. The van der Waals surface area contributed by atoms with Crippen LogP contribution < -0.4 is 0 Å². The van der Waals surface area contributed by atoms with Gasteiger partial charge in [0.2, 0.25) is 0 Å². The first-order valence-corrected chi connectivity index (χ1v) is 14.4. The summed E-state index contributed by atoms with van der Waals surface area (Å²) in [6, 6.07) is 0. The van der Waals surface area contributed by atoms with Crippen molar-refractivity contribution in [1.82, 2.24) is 0 Å². The molecule has 0 amide bonds. The Bertz CT molecular complexity index is 454. The Morgan fingerprint density at radius 3 is 1.75 bits per heavy atom. The molecule has 28 heavy (non-hydrogen) atoms. The van der Waals surface area contributed by atoms with E-state index in [0.717, 1.165) is 19.3 Å². The van der Waals surface area contributed by atoms with E-state index < -0.39 is 24.7 Å². The molecule has 3 unspecified atom stereocenters. The lowest BCUT2D eigenvalue weighted by atomic mass is 10.0. The highest BCUT2D eigenvalue weighted by molar-refractivity contribution is 7.85. The van der Waals surface area contributed by atoms with E-state index >= 15 is 0 Å². The van der Waals surface area contributed by atoms with Gasteiger partial charge in [0.05, 0.1) is 6.10 Å². The Balaban J connectivity index is 1.87. The topological polar surface area (TPSA) is 83.8 Å². The molecule has 2 N–H and O–H groups in total. The highest BCUT2D eigenvalue weighted by Crippen LogP contribution is 2.42. The summed E-state index contributed by atoms with van der Waals surface area (Å²) in [4.78, 5) is 17.7. The lowest BCUT2D eigenvalue weighted by Crippen LogP contribution is -2.16. The molecule has 3 atom stereocenters. The first-order valence-electron chi connectivity index (χ1n) is 11.5. The molecule has 1 aliphatic rings. The van der Waals surface area contributed by atoms with E-state index in [1.165, 1.54) is 77.0 Å². The third-order valence-electron chi connectivity index (χ3n) is 5.69. The maximum Gasteiger partial charge on any atom is 0.469 e. The summed E-state index contributed by atoms with van der Waals surface area (Å²) in [5.74, 6) is 0.714. The van der Waals surface area contributed by atoms with Crippen molar-refractivity contribution in [3.8, 4) is 0 Å². The van der Waals surface area contributed by atoms with Gasteiger partial charge in [-0.15, -0.1) is 0 Å². The van der Waals surface area contributed by atoms with Crippen molar-refractivity contribution in [1.29, 1.82) is 0 Å². The van der Waals surface area contributed by atoms with Crippen LogP contribution in [-0.2, 0) is 19.9 Å². The van der Waals surface area contributed by atoms with Crippen LogP contribution in [0.25, 0.3) is 0 Å². The Hall–Kier alpha value is 0.260. The Morgan fingerprint density at radius 1 is 0.821 bits per heavy atom. The van der Waals surface area contributed by atoms with E-state index in [0.29, 0.717) is 18.6 Å². The van der Waals surface area contributed by atoms with Crippen LogP contribution in [0.15, 0.2) is 0 Å². The third-order valence-corrected chi connectivity index (χ3v) is 8.13. The van der Waals surface area contributed by atoms with Crippen LogP contribution in [0, 0.1) is 0 Å². The van der Waals surface area contributed by atoms with Crippen molar-refractivity contribution in [3.63, 3.8) is 0 Å². The van der Waals surface area contributed by atoms with Crippen molar-refractivity contribution < 1.29 is 23.1 Å². The molecule has 1 fully saturated rings. The fourth-order valence-electron chi connectivity index (χ4n) is 4.03. The molecule has 0 radical (unpaired) electrons. The highest BCUT2D eigenvalue weighted by Gasteiger charge is 2.33. The lowest BCUT2D eigenvalue weighted by Gasteiger charge is -2.13. The van der Waals surface area contributed by atoms with E-state index in [1.54, 1.807) is 0 Å². The quantitative estimate of drug-likeness (QED) is 0.195. The van der Waals surface area contributed by atoms with E-state index in [2.05, 4.69) is 6.92 Å². The molecule has 0 bridgehead atoms. The average Bonchev–Trinajstić information content (AvgIpc) is 3.08. The summed E-state index contributed by atoms with van der Waals surface area (Å²) >= 11 is 0. The molecular formula is C21H43O5PS. The van der Waals surface area contributed by atoms with Gasteiger partial charge in [0.15, 0.2) is 0 Å². The van der Waals surface area contributed by atoms with Crippen LogP contribution in [0.3, 0.4) is 0 Å². The molecule has 0 heterocycles. The molecule has 1 aliphatic carbocycles. The molecule has 0 aliphatic heterocycles. The second-order valence-electron chi connectivity index (χ2n) is 8.33. The second kappa shape index (κ2) is 16.0. The van der Waals surface area contributed by atoms with Crippen LogP contribution >= 0.6 is 7.82 Å². The van der Waals surface area contributed by atoms with Gasteiger partial charge in [0, 0.05) is 21.8 Å². The first kappa shape index (κ1) is 26.3. The first-order chi connectivity index (χ1) is 13.4. The summed E-state index contributed by atoms with van der Waals surface area (Å²) in [5, 5.41) is 0.0403. The standard InChI is InChI=1S/C21H43O5PS/c1-2-3-4-5-6-7-8-9-10-11-12-13-14-15-18-28(25)21-17-16-20(19-21)26-27(22,23)24/h20-21H,2-19H2,1H3,(H2,22,23,24). The van der Waals surface area contributed by atoms with E-state index in [9.17, 15) is 8.77 Å². The molecule has 1 saturated carbocycles. The summed E-state index contributed by atoms with van der Waals surface area (Å²) in [6.45, 7) is 2.26. The van der Waals surface area contributed by atoms with E-state index in [-0.39, 0.29) is 5.25 Å². The lowest BCUT2D eigenvalue weighted by molar-refractivity contribution is 0.137. The van der Waals surface area contributed by atoms with Gasteiger partial charge in [-0.3, -0.25) is 8.73 Å². The van der Waals surface area contributed by atoms with Crippen LogP contribution in [0.2, 0.25) is 0 Å². The number of hydrogen-bond acceptors (Lipinski definition) is 3. The largest absolute Gasteiger partial charge is 0.469 e. The predicted molar refractivity (Wildman–Crippen MR) is 118 cm³/mol. The van der Waals surface area contributed by atoms with E-state index in [1.807, 2.05) is 0 Å². The molecule has 0 aromatic carbocycles. The van der Waals surface area contributed by atoms with Crippen molar-refractivity contribution >= 4 is 18.6 Å². The van der Waals surface area contributed by atoms with Gasteiger partial charge in [-0.05, 0) is 25.7 Å². The molecular weight excluding hydrogens is 395 g/mol. The minimum absolute atomic E-state index is 0.0403. The molecule has 7 heteroatoms. The SMILES string of the molecule is CCCCCCCCCCCCCCCCS(=O)C1CCC(OP(=O)(O)O)C1. The van der Waals surface area contributed by atoms with Gasteiger partial charge >= 0.3 is 7.82 Å². The fourth-order valence-corrected chi connectivity index (χ4v) is 6.27. The molecule has 0 saturated heterocycles. The summed E-state index contributed by atoms with van der Waals surface area (Å²) in [6.07, 6.45) is 19.8. The van der Waals surface area contributed by atoms with Gasteiger partial charge in [-0.25, -0.2) is 4.57 Å². The van der Waals surface area contributed by atoms with Gasteiger partial charge in [0.1, 0.15) is 0 Å². The molecule has 1 rings (SSSR count). The summed E-state index contributed by atoms with van der Waals surface area (Å²) < 4.78 is 28.0. The smallest absolute Gasteiger partial charge is 0.303 e. The Kier molecular flexibility index (Phi) is 15.0. The van der Waals surface area contributed by atoms with Crippen LogP contribution in [0.1, 0.15) is 116 Å². The summed E-state index contributed by atoms with van der Waals surface area (Å²) in [7, 11) is -5.32. The maximum atomic E-state index is 12.3. The minimum atomic E-state index is -4.42. The maximum absolute atomic E-state index is 12.3. The van der Waals surface area contributed by atoms with Gasteiger partial charge in [-0.2, -0.15) is 0 Å². The number of phosphoric ester groups is 1. The van der Waals surface area contributed by atoms with Crippen molar-refractivity contribution in [2.24, 2.45) is 0 Å². The Morgan fingerprint density at radius 2 is 1.29 bits per heavy atom. The minimum Gasteiger partial charge on any atom is -0.303 e. The normalized spacial score (nSPS) is 21.2. The number of phosphoric acid groups is 1. The monoisotopic (exact) mass is 438 g/mol.